The zero-order valence-electron chi connectivity index (χ0n) is 21.1. The number of benzene rings is 2. The van der Waals surface area contributed by atoms with Gasteiger partial charge in [-0.15, -0.1) is 0 Å². The van der Waals surface area contributed by atoms with Gasteiger partial charge < -0.3 is 5.73 Å². The van der Waals surface area contributed by atoms with Crippen LogP contribution in [-0.2, 0) is 6.42 Å². The van der Waals surface area contributed by atoms with E-state index in [1.165, 1.54) is 12.1 Å². The molecule has 2 aromatic carbocycles. The van der Waals surface area contributed by atoms with Gasteiger partial charge in [-0.1, -0.05) is 31.2 Å². The molecule has 194 valence electrons. The van der Waals surface area contributed by atoms with Crippen LogP contribution < -0.4 is 11.3 Å². The van der Waals surface area contributed by atoms with E-state index >= 15 is 0 Å². The fraction of sp³-hybridized carbons (Fsp3) is 0.103. The van der Waals surface area contributed by atoms with Crippen molar-refractivity contribution in [2.24, 2.45) is 0 Å². The summed E-state index contributed by atoms with van der Waals surface area (Å²) in [6.07, 6.45) is 5.73. The Morgan fingerprint density at radius 2 is 1.74 bits per heavy atom. The van der Waals surface area contributed by atoms with E-state index in [0.29, 0.717) is 40.2 Å². The van der Waals surface area contributed by atoms with Gasteiger partial charge in [0, 0.05) is 29.8 Å². The number of nitrogens with zero attached hydrogens (tertiary/aromatic N) is 6. The minimum Gasteiger partial charge on any atom is -0.382 e. The standard InChI is InChI=1S/C22H18FN3O.C7H5ClN4/c1-3-18-10-15-6-4-9-20(16-12-24-14(2)25-13-16)21(15)22(27)26(18)19-8-5-7-17(23)11-19;8-7-11-4-2-1-3-10-5(4)6(9)12-7/h4-13H,3H2,1-2H3;1-3H,(H2,9,11,12). The van der Waals surface area contributed by atoms with E-state index in [0.717, 1.165) is 22.2 Å². The van der Waals surface area contributed by atoms with Gasteiger partial charge in [-0.2, -0.15) is 4.98 Å². The van der Waals surface area contributed by atoms with Gasteiger partial charge >= 0.3 is 0 Å². The van der Waals surface area contributed by atoms with Crippen LogP contribution in [0.25, 0.3) is 38.6 Å². The molecule has 0 unspecified atom stereocenters. The number of aromatic nitrogens is 6. The molecular formula is C29H23ClFN7O. The fourth-order valence-electron chi connectivity index (χ4n) is 4.31. The van der Waals surface area contributed by atoms with Crippen LogP contribution in [0.4, 0.5) is 10.2 Å². The average molecular weight is 540 g/mol. The Balaban J connectivity index is 0.000000214. The monoisotopic (exact) mass is 539 g/mol. The summed E-state index contributed by atoms with van der Waals surface area (Å²) in [4.78, 5) is 33.7. The Labute approximate surface area is 228 Å². The van der Waals surface area contributed by atoms with Crippen LogP contribution in [0.2, 0.25) is 5.28 Å². The molecule has 4 heterocycles. The maximum absolute atomic E-state index is 13.8. The van der Waals surface area contributed by atoms with Crippen LogP contribution in [0, 0.1) is 12.7 Å². The van der Waals surface area contributed by atoms with Crippen molar-refractivity contribution in [2.75, 3.05) is 5.73 Å². The van der Waals surface area contributed by atoms with Gasteiger partial charge in [0.2, 0.25) is 5.28 Å². The Morgan fingerprint density at radius 3 is 2.49 bits per heavy atom. The largest absolute Gasteiger partial charge is 0.382 e. The first-order chi connectivity index (χ1) is 18.9. The molecule has 0 aliphatic carbocycles. The van der Waals surface area contributed by atoms with Crippen LogP contribution in [0.5, 0.6) is 0 Å². The van der Waals surface area contributed by atoms with Crippen molar-refractivity contribution in [1.29, 1.82) is 0 Å². The van der Waals surface area contributed by atoms with Gasteiger partial charge in [0.15, 0.2) is 5.82 Å². The summed E-state index contributed by atoms with van der Waals surface area (Å²) in [7, 11) is 0. The number of rotatable bonds is 3. The lowest BCUT2D eigenvalue weighted by molar-refractivity contribution is 0.626. The third-order valence-electron chi connectivity index (χ3n) is 6.10. The van der Waals surface area contributed by atoms with Crippen LogP contribution in [0.3, 0.4) is 0 Å². The predicted molar refractivity (Wildman–Crippen MR) is 151 cm³/mol. The van der Waals surface area contributed by atoms with Crippen LogP contribution in [0.1, 0.15) is 18.4 Å². The maximum atomic E-state index is 13.8. The summed E-state index contributed by atoms with van der Waals surface area (Å²) in [5.41, 5.74) is 9.53. The summed E-state index contributed by atoms with van der Waals surface area (Å²) in [6, 6.07) is 17.4. The molecule has 2 N–H and O–H groups in total. The molecule has 0 saturated carbocycles. The van der Waals surface area contributed by atoms with Gasteiger partial charge in [0.25, 0.3) is 5.56 Å². The molecule has 6 rings (SSSR count). The minimum absolute atomic E-state index is 0.146. The Morgan fingerprint density at radius 1 is 0.974 bits per heavy atom. The molecule has 6 aromatic rings. The number of halogens is 2. The molecule has 39 heavy (non-hydrogen) atoms. The number of anilines is 1. The van der Waals surface area contributed by atoms with Gasteiger partial charge in [0.05, 0.1) is 16.6 Å². The van der Waals surface area contributed by atoms with Crippen LogP contribution in [0.15, 0.2) is 84.0 Å². The number of nitrogens with two attached hydrogens (primary N) is 1. The van der Waals surface area contributed by atoms with E-state index in [1.807, 2.05) is 38.1 Å². The summed E-state index contributed by atoms with van der Waals surface area (Å²) in [5.74, 6) is 0.608. The normalized spacial score (nSPS) is 10.9. The highest BCUT2D eigenvalue weighted by molar-refractivity contribution is 6.28. The number of pyridine rings is 2. The highest BCUT2D eigenvalue weighted by atomic mass is 35.5. The summed E-state index contributed by atoms with van der Waals surface area (Å²) in [6.45, 7) is 3.80. The molecule has 0 aliphatic rings. The van der Waals surface area contributed by atoms with Crippen molar-refractivity contribution >= 4 is 39.2 Å². The summed E-state index contributed by atoms with van der Waals surface area (Å²) in [5, 5.41) is 1.57. The number of fused-ring (bicyclic) bond motifs is 2. The molecule has 10 heteroatoms. The van der Waals surface area contributed by atoms with Crippen LogP contribution >= 0.6 is 11.6 Å². The lowest BCUT2D eigenvalue weighted by atomic mass is 10.00. The fourth-order valence-corrected chi connectivity index (χ4v) is 4.49. The van der Waals surface area contributed by atoms with Gasteiger partial charge in [0.1, 0.15) is 17.2 Å². The SMILES string of the molecule is CCc1cc2cccc(-c3cnc(C)nc3)c2c(=O)n1-c1cccc(F)c1.Nc1nc(Cl)nc2cccnc12. The second kappa shape index (κ2) is 10.9. The van der Waals surface area contributed by atoms with Crippen molar-refractivity contribution in [2.45, 2.75) is 20.3 Å². The zero-order valence-corrected chi connectivity index (χ0v) is 21.9. The molecular weight excluding hydrogens is 517 g/mol. The number of aryl methyl sites for hydroxylation is 2. The molecule has 0 saturated heterocycles. The molecule has 0 amide bonds. The zero-order chi connectivity index (χ0) is 27.5. The Hall–Kier alpha value is -4.76. The lowest BCUT2D eigenvalue weighted by Crippen LogP contribution is -2.22. The van der Waals surface area contributed by atoms with Crippen molar-refractivity contribution < 1.29 is 4.39 Å². The number of nitrogen functional groups attached to an aromatic ring is 1. The Bertz CT molecular complexity index is 1870. The van der Waals surface area contributed by atoms with E-state index in [-0.39, 0.29) is 16.7 Å². The molecule has 0 radical (unpaired) electrons. The van der Waals surface area contributed by atoms with E-state index in [1.54, 1.807) is 47.4 Å². The quantitative estimate of drug-likeness (QED) is 0.286. The lowest BCUT2D eigenvalue weighted by Gasteiger charge is -2.15. The minimum atomic E-state index is -0.373. The molecule has 0 bridgehead atoms. The molecule has 0 aliphatic heterocycles. The highest BCUT2D eigenvalue weighted by Crippen LogP contribution is 2.27. The maximum Gasteiger partial charge on any atom is 0.263 e. The average Bonchev–Trinajstić information content (AvgIpc) is 2.93. The van der Waals surface area contributed by atoms with Crippen molar-refractivity contribution in [1.82, 2.24) is 29.5 Å². The van der Waals surface area contributed by atoms with E-state index < -0.39 is 0 Å². The first kappa shape index (κ1) is 25.9. The predicted octanol–water partition coefficient (Wildman–Crippen LogP) is 5.72. The topological polar surface area (TPSA) is 112 Å². The third kappa shape index (κ3) is 5.30. The van der Waals surface area contributed by atoms with Crippen molar-refractivity contribution in [3.63, 3.8) is 0 Å². The summed E-state index contributed by atoms with van der Waals surface area (Å²) >= 11 is 5.59. The van der Waals surface area contributed by atoms with E-state index in [2.05, 4.69) is 24.9 Å². The first-order valence-corrected chi connectivity index (χ1v) is 12.5. The first-order valence-electron chi connectivity index (χ1n) is 12.1. The number of hydrogen-bond acceptors (Lipinski definition) is 7. The van der Waals surface area contributed by atoms with Crippen LogP contribution in [-0.4, -0.2) is 29.5 Å². The van der Waals surface area contributed by atoms with Gasteiger partial charge in [-0.25, -0.2) is 19.3 Å². The van der Waals surface area contributed by atoms with Gasteiger partial charge in [-0.05, 0) is 72.3 Å². The smallest absolute Gasteiger partial charge is 0.263 e. The van der Waals surface area contributed by atoms with Crippen molar-refractivity contribution in [3.05, 3.63) is 112 Å². The second-order valence-corrected chi connectivity index (χ2v) is 8.99. The highest BCUT2D eigenvalue weighted by Gasteiger charge is 2.15. The third-order valence-corrected chi connectivity index (χ3v) is 6.27. The molecule has 0 atom stereocenters. The molecule has 0 spiro atoms. The van der Waals surface area contributed by atoms with E-state index in [9.17, 15) is 9.18 Å². The van der Waals surface area contributed by atoms with Gasteiger partial charge in [-0.3, -0.25) is 14.3 Å². The second-order valence-electron chi connectivity index (χ2n) is 8.65. The molecule has 0 fully saturated rings. The van der Waals surface area contributed by atoms with E-state index in [4.69, 9.17) is 17.3 Å². The molecule has 8 nitrogen and oxygen atoms in total. The summed E-state index contributed by atoms with van der Waals surface area (Å²) < 4.78 is 15.4. The van der Waals surface area contributed by atoms with Crippen molar-refractivity contribution in [3.8, 4) is 16.8 Å². The Kier molecular flexibility index (Phi) is 7.25. The molecule has 4 aromatic heterocycles. The number of hydrogen-bond donors (Lipinski definition) is 1.